The summed E-state index contributed by atoms with van der Waals surface area (Å²) in [6.07, 6.45) is 2.34. The molecule has 18 heavy (non-hydrogen) atoms. The molecule has 0 aliphatic rings. The molecule has 0 saturated carbocycles. The van der Waals surface area contributed by atoms with Crippen LogP contribution in [0.2, 0.25) is 0 Å². The van der Waals surface area contributed by atoms with Gasteiger partial charge in [-0.3, -0.25) is 0 Å². The van der Waals surface area contributed by atoms with Gasteiger partial charge in [-0.05, 0) is 49.4 Å². The highest BCUT2D eigenvalue weighted by Crippen LogP contribution is 2.26. The molecule has 0 spiro atoms. The Bertz CT molecular complexity index is 360. The van der Waals surface area contributed by atoms with Crippen molar-refractivity contribution in [1.82, 2.24) is 5.32 Å². The van der Waals surface area contributed by atoms with E-state index < -0.39 is 0 Å². The molecule has 2 heteroatoms. The van der Waals surface area contributed by atoms with Crippen LogP contribution in [0.25, 0.3) is 0 Å². The molecule has 0 bridgehead atoms. The van der Waals surface area contributed by atoms with E-state index in [0.29, 0.717) is 12.0 Å². The molecule has 1 aromatic carbocycles. The van der Waals surface area contributed by atoms with Crippen LogP contribution < -0.4 is 10.1 Å². The monoisotopic (exact) mass is 249 g/mol. The van der Waals surface area contributed by atoms with Crippen LogP contribution in [0.4, 0.5) is 0 Å². The van der Waals surface area contributed by atoms with Crippen LogP contribution in [0.3, 0.4) is 0 Å². The summed E-state index contributed by atoms with van der Waals surface area (Å²) < 4.78 is 5.32. The van der Waals surface area contributed by atoms with E-state index in [-0.39, 0.29) is 0 Å². The lowest BCUT2D eigenvalue weighted by Gasteiger charge is -2.22. The van der Waals surface area contributed by atoms with Crippen LogP contribution in [-0.2, 0) is 0 Å². The summed E-state index contributed by atoms with van der Waals surface area (Å²) in [6.45, 7) is 9.93. The lowest BCUT2D eigenvalue weighted by atomic mass is 9.95. The Morgan fingerprint density at radius 1 is 1.28 bits per heavy atom. The molecule has 0 aromatic heterocycles. The number of hydrogen-bond acceptors (Lipinski definition) is 2. The van der Waals surface area contributed by atoms with Crippen LogP contribution >= 0.6 is 0 Å². The Balaban J connectivity index is 2.86. The van der Waals surface area contributed by atoms with Crippen molar-refractivity contribution in [3.8, 4) is 5.75 Å². The summed E-state index contributed by atoms with van der Waals surface area (Å²) in [6, 6.07) is 6.95. The van der Waals surface area contributed by atoms with Crippen LogP contribution in [0.5, 0.6) is 5.75 Å². The van der Waals surface area contributed by atoms with E-state index in [1.807, 2.05) is 0 Å². The van der Waals surface area contributed by atoms with Crippen molar-refractivity contribution in [3.63, 3.8) is 0 Å². The van der Waals surface area contributed by atoms with Crippen molar-refractivity contribution in [2.75, 3.05) is 13.7 Å². The van der Waals surface area contributed by atoms with Crippen molar-refractivity contribution in [1.29, 1.82) is 0 Å². The van der Waals surface area contributed by atoms with E-state index in [4.69, 9.17) is 4.74 Å². The fraction of sp³-hybridized carbons (Fsp3) is 0.625. The normalized spacial score (nSPS) is 12.8. The maximum absolute atomic E-state index is 5.32. The van der Waals surface area contributed by atoms with E-state index in [2.05, 4.69) is 51.2 Å². The molecule has 1 atom stereocenters. The quantitative estimate of drug-likeness (QED) is 0.786. The van der Waals surface area contributed by atoms with Gasteiger partial charge in [-0.2, -0.15) is 0 Å². The third-order valence-electron chi connectivity index (χ3n) is 3.17. The average Bonchev–Trinajstić information content (AvgIpc) is 2.34. The minimum atomic E-state index is 0.453. The number of methoxy groups -OCH3 is 1. The molecule has 0 aliphatic carbocycles. The SMILES string of the molecule is CCCNC(CC(C)C)c1ccc(OC)c(C)c1. The van der Waals surface area contributed by atoms with Crippen molar-refractivity contribution >= 4 is 0 Å². The van der Waals surface area contributed by atoms with E-state index in [9.17, 15) is 0 Å². The molecule has 1 aromatic rings. The zero-order valence-corrected chi connectivity index (χ0v) is 12.4. The molecule has 0 aliphatic heterocycles. The molecule has 2 nitrogen and oxygen atoms in total. The van der Waals surface area contributed by atoms with E-state index in [1.54, 1.807) is 7.11 Å². The van der Waals surface area contributed by atoms with Gasteiger partial charge >= 0.3 is 0 Å². The minimum Gasteiger partial charge on any atom is -0.496 e. The summed E-state index contributed by atoms with van der Waals surface area (Å²) in [7, 11) is 1.73. The van der Waals surface area contributed by atoms with Crippen molar-refractivity contribution in [2.45, 2.75) is 46.6 Å². The molecule has 0 amide bonds. The predicted octanol–water partition coefficient (Wildman–Crippen LogP) is 4.09. The van der Waals surface area contributed by atoms with Gasteiger partial charge in [0.2, 0.25) is 0 Å². The lowest BCUT2D eigenvalue weighted by Crippen LogP contribution is -2.23. The van der Waals surface area contributed by atoms with Gasteiger partial charge in [-0.1, -0.05) is 32.9 Å². The second kappa shape index (κ2) is 7.42. The van der Waals surface area contributed by atoms with Crippen molar-refractivity contribution < 1.29 is 4.74 Å². The molecule has 0 heterocycles. The number of aryl methyl sites for hydroxylation is 1. The summed E-state index contributed by atoms with van der Waals surface area (Å²) in [5.74, 6) is 1.67. The van der Waals surface area contributed by atoms with Gasteiger partial charge in [0.25, 0.3) is 0 Å². The highest BCUT2D eigenvalue weighted by atomic mass is 16.5. The Morgan fingerprint density at radius 3 is 2.50 bits per heavy atom. The Morgan fingerprint density at radius 2 is 2.00 bits per heavy atom. The fourth-order valence-electron chi connectivity index (χ4n) is 2.25. The highest BCUT2D eigenvalue weighted by molar-refractivity contribution is 5.37. The minimum absolute atomic E-state index is 0.453. The molecule has 1 unspecified atom stereocenters. The van der Waals surface area contributed by atoms with E-state index in [0.717, 1.165) is 12.3 Å². The van der Waals surface area contributed by atoms with Gasteiger partial charge in [0.1, 0.15) is 5.75 Å². The average molecular weight is 249 g/mol. The summed E-state index contributed by atoms with van der Waals surface area (Å²) in [5.41, 5.74) is 2.58. The second-order valence-electron chi connectivity index (χ2n) is 5.37. The first-order valence-electron chi connectivity index (χ1n) is 6.96. The van der Waals surface area contributed by atoms with Gasteiger partial charge in [-0.25, -0.2) is 0 Å². The number of rotatable bonds is 7. The van der Waals surface area contributed by atoms with Gasteiger partial charge < -0.3 is 10.1 Å². The van der Waals surface area contributed by atoms with Crippen molar-refractivity contribution in [2.24, 2.45) is 5.92 Å². The lowest BCUT2D eigenvalue weighted by molar-refractivity contribution is 0.408. The van der Waals surface area contributed by atoms with E-state index >= 15 is 0 Å². The molecule has 1 rings (SSSR count). The Labute approximate surface area is 112 Å². The third kappa shape index (κ3) is 4.34. The highest BCUT2D eigenvalue weighted by Gasteiger charge is 2.13. The number of ether oxygens (including phenoxy) is 1. The first-order chi connectivity index (χ1) is 8.58. The van der Waals surface area contributed by atoms with Crippen molar-refractivity contribution in [3.05, 3.63) is 29.3 Å². The van der Waals surface area contributed by atoms with Gasteiger partial charge in [0, 0.05) is 6.04 Å². The summed E-state index contributed by atoms with van der Waals surface area (Å²) in [4.78, 5) is 0. The third-order valence-corrected chi connectivity index (χ3v) is 3.17. The van der Waals surface area contributed by atoms with Crippen LogP contribution in [0.15, 0.2) is 18.2 Å². The van der Waals surface area contributed by atoms with Crippen LogP contribution in [0, 0.1) is 12.8 Å². The predicted molar refractivity (Wildman–Crippen MR) is 78.2 cm³/mol. The first kappa shape index (κ1) is 15.0. The van der Waals surface area contributed by atoms with E-state index in [1.165, 1.54) is 24.0 Å². The van der Waals surface area contributed by atoms with Gasteiger partial charge in [-0.15, -0.1) is 0 Å². The zero-order valence-electron chi connectivity index (χ0n) is 12.4. The maximum atomic E-state index is 5.32. The number of hydrogen-bond donors (Lipinski definition) is 1. The Kier molecular flexibility index (Phi) is 6.20. The van der Waals surface area contributed by atoms with Gasteiger partial charge in [0.05, 0.1) is 7.11 Å². The largest absolute Gasteiger partial charge is 0.496 e. The molecule has 0 saturated heterocycles. The molecule has 0 fully saturated rings. The number of nitrogens with one attached hydrogen (secondary N) is 1. The molecular weight excluding hydrogens is 222 g/mol. The standard InChI is InChI=1S/C16H27NO/c1-6-9-17-15(10-12(2)3)14-7-8-16(18-5)13(4)11-14/h7-8,11-12,15,17H,6,9-10H2,1-5H3. The maximum Gasteiger partial charge on any atom is 0.121 e. The number of benzene rings is 1. The zero-order chi connectivity index (χ0) is 13.5. The summed E-state index contributed by atoms with van der Waals surface area (Å²) >= 11 is 0. The smallest absolute Gasteiger partial charge is 0.121 e. The summed E-state index contributed by atoms with van der Waals surface area (Å²) in [5, 5.41) is 3.64. The first-order valence-corrected chi connectivity index (χ1v) is 6.96. The topological polar surface area (TPSA) is 21.3 Å². The molecular formula is C16H27NO. The molecule has 1 N–H and O–H groups in total. The molecule has 102 valence electrons. The molecule has 0 radical (unpaired) electrons. The Hall–Kier alpha value is -1.02. The fourth-order valence-corrected chi connectivity index (χ4v) is 2.25. The second-order valence-corrected chi connectivity index (χ2v) is 5.37. The van der Waals surface area contributed by atoms with Gasteiger partial charge in [0.15, 0.2) is 0 Å². The van der Waals surface area contributed by atoms with Crippen LogP contribution in [-0.4, -0.2) is 13.7 Å². The van der Waals surface area contributed by atoms with Crippen LogP contribution in [0.1, 0.15) is 50.8 Å².